The molecule has 0 saturated heterocycles. The highest BCUT2D eigenvalue weighted by Gasteiger charge is 2.13. The molecular formula is C12H12BrFN2S. The van der Waals surface area contributed by atoms with Gasteiger partial charge in [-0.15, -0.1) is 0 Å². The molecule has 0 fully saturated rings. The molecule has 1 heterocycles. The number of nitrogens with one attached hydrogen (secondary N) is 1. The van der Waals surface area contributed by atoms with Crippen LogP contribution in [0.25, 0.3) is 0 Å². The molecule has 3 N–H and O–H groups in total. The topological polar surface area (TPSA) is 38.0 Å². The molecule has 0 saturated carbocycles. The third-order valence-electron chi connectivity index (χ3n) is 2.59. The summed E-state index contributed by atoms with van der Waals surface area (Å²) in [5, 5.41) is 4.07. The van der Waals surface area contributed by atoms with E-state index in [1.807, 2.05) is 11.4 Å². The van der Waals surface area contributed by atoms with Gasteiger partial charge in [-0.05, 0) is 46.5 Å². The highest BCUT2D eigenvalue weighted by Crippen LogP contribution is 2.25. The SMILES string of the molecule is NNC(Cc1ccc(F)cc1Br)c1ccsc1. The average Bonchev–Trinajstić information content (AvgIpc) is 2.81. The van der Waals surface area contributed by atoms with Crippen LogP contribution in [0, 0.1) is 5.82 Å². The van der Waals surface area contributed by atoms with Gasteiger partial charge in [0, 0.05) is 4.47 Å². The molecule has 0 aliphatic rings. The molecule has 1 aromatic carbocycles. The van der Waals surface area contributed by atoms with Crippen LogP contribution >= 0.6 is 27.3 Å². The van der Waals surface area contributed by atoms with Gasteiger partial charge in [-0.25, -0.2) is 4.39 Å². The standard InChI is InChI=1S/C12H12BrFN2S/c13-11-6-10(14)2-1-8(11)5-12(16-15)9-3-4-17-7-9/h1-4,6-7,12,16H,5,15H2. The van der Waals surface area contributed by atoms with Crippen LogP contribution in [0.1, 0.15) is 17.2 Å². The summed E-state index contributed by atoms with van der Waals surface area (Å²) < 4.78 is 13.7. The van der Waals surface area contributed by atoms with Crippen molar-refractivity contribution in [3.05, 3.63) is 56.4 Å². The normalized spacial score (nSPS) is 12.6. The lowest BCUT2D eigenvalue weighted by atomic mass is 10.0. The molecule has 0 radical (unpaired) electrons. The van der Waals surface area contributed by atoms with Gasteiger partial charge in [0.2, 0.25) is 0 Å². The third-order valence-corrected chi connectivity index (χ3v) is 4.03. The first kappa shape index (κ1) is 12.7. The molecule has 0 spiro atoms. The highest BCUT2D eigenvalue weighted by atomic mass is 79.9. The maximum Gasteiger partial charge on any atom is 0.124 e. The van der Waals surface area contributed by atoms with Crippen molar-refractivity contribution in [1.29, 1.82) is 0 Å². The van der Waals surface area contributed by atoms with Gasteiger partial charge in [0.15, 0.2) is 0 Å². The van der Waals surface area contributed by atoms with E-state index in [1.54, 1.807) is 17.4 Å². The molecule has 2 nitrogen and oxygen atoms in total. The lowest BCUT2D eigenvalue weighted by molar-refractivity contribution is 0.551. The maximum absolute atomic E-state index is 13.0. The quantitative estimate of drug-likeness (QED) is 0.670. The molecule has 1 aromatic heterocycles. The Kier molecular flexibility index (Phi) is 4.28. The molecule has 17 heavy (non-hydrogen) atoms. The van der Waals surface area contributed by atoms with Gasteiger partial charge >= 0.3 is 0 Å². The summed E-state index contributed by atoms with van der Waals surface area (Å²) in [4.78, 5) is 0. The zero-order chi connectivity index (χ0) is 12.3. The van der Waals surface area contributed by atoms with Crippen LogP contribution in [0.2, 0.25) is 0 Å². The second-order valence-electron chi connectivity index (χ2n) is 3.72. The van der Waals surface area contributed by atoms with Crippen molar-refractivity contribution in [2.45, 2.75) is 12.5 Å². The Labute approximate surface area is 112 Å². The lowest BCUT2D eigenvalue weighted by Gasteiger charge is -2.15. The summed E-state index contributed by atoms with van der Waals surface area (Å²) in [6, 6.07) is 6.78. The first-order valence-electron chi connectivity index (χ1n) is 5.13. The molecule has 5 heteroatoms. The van der Waals surface area contributed by atoms with Crippen molar-refractivity contribution in [2.24, 2.45) is 5.84 Å². The first-order valence-corrected chi connectivity index (χ1v) is 6.86. The minimum Gasteiger partial charge on any atom is -0.271 e. The largest absolute Gasteiger partial charge is 0.271 e. The molecule has 0 amide bonds. The fourth-order valence-electron chi connectivity index (χ4n) is 1.65. The van der Waals surface area contributed by atoms with Crippen molar-refractivity contribution >= 4 is 27.3 Å². The fraction of sp³-hybridized carbons (Fsp3) is 0.167. The number of rotatable bonds is 4. The monoisotopic (exact) mass is 314 g/mol. The predicted octanol–water partition coefficient (Wildman–Crippen LogP) is 3.40. The van der Waals surface area contributed by atoms with Gasteiger partial charge in [0.1, 0.15) is 5.82 Å². The Balaban J connectivity index is 2.19. The van der Waals surface area contributed by atoms with Gasteiger partial charge in [-0.3, -0.25) is 11.3 Å². The predicted molar refractivity (Wildman–Crippen MR) is 72.2 cm³/mol. The Bertz CT molecular complexity index is 487. The molecule has 1 atom stereocenters. The average molecular weight is 315 g/mol. The van der Waals surface area contributed by atoms with Crippen LogP contribution in [0.3, 0.4) is 0 Å². The molecule has 2 rings (SSSR count). The second kappa shape index (κ2) is 5.73. The van der Waals surface area contributed by atoms with Crippen LogP contribution in [0.4, 0.5) is 4.39 Å². The van der Waals surface area contributed by atoms with Gasteiger partial charge in [0.05, 0.1) is 6.04 Å². The van der Waals surface area contributed by atoms with E-state index < -0.39 is 0 Å². The second-order valence-corrected chi connectivity index (χ2v) is 5.35. The number of hydrazine groups is 1. The van der Waals surface area contributed by atoms with E-state index in [4.69, 9.17) is 5.84 Å². The van der Waals surface area contributed by atoms with Gasteiger partial charge < -0.3 is 0 Å². The summed E-state index contributed by atoms with van der Waals surface area (Å²) in [6.07, 6.45) is 0.716. The first-order chi connectivity index (χ1) is 8.20. The van der Waals surface area contributed by atoms with E-state index in [9.17, 15) is 4.39 Å². The smallest absolute Gasteiger partial charge is 0.124 e. The zero-order valence-corrected chi connectivity index (χ0v) is 11.4. The van der Waals surface area contributed by atoms with Gasteiger partial charge in [-0.1, -0.05) is 22.0 Å². The van der Waals surface area contributed by atoms with Crippen molar-refractivity contribution in [3.63, 3.8) is 0 Å². The van der Waals surface area contributed by atoms with Crippen LogP contribution in [0.15, 0.2) is 39.5 Å². The van der Waals surface area contributed by atoms with E-state index in [0.717, 1.165) is 15.6 Å². The number of halogens is 2. The van der Waals surface area contributed by atoms with Crippen molar-refractivity contribution in [2.75, 3.05) is 0 Å². The number of hydrogen-bond donors (Lipinski definition) is 2. The number of hydrogen-bond acceptors (Lipinski definition) is 3. The molecule has 0 aliphatic carbocycles. The molecule has 2 aromatic rings. The van der Waals surface area contributed by atoms with E-state index >= 15 is 0 Å². The molecule has 90 valence electrons. The van der Waals surface area contributed by atoms with E-state index in [2.05, 4.69) is 26.7 Å². The third kappa shape index (κ3) is 3.13. The van der Waals surface area contributed by atoms with E-state index in [-0.39, 0.29) is 11.9 Å². The summed E-state index contributed by atoms with van der Waals surface area (Å²) in [5.41, 5.74) is 4.96. The van der Waals surface area contributed by atoms with Gasteiger partial charge in [-0.2, -0.15) is 11.3 Å². The Hall–Kier alpha value is -0.750. The minimum atomic E-state index is -0.242. The number of benzene rings is 1. The van der Waals surface area contributed by atoms with Crippen molar-refractivity contribution in [1.82, 2.24) is 5.43 Å². The summed E-state index contributed by atoms with van der Waals surface area (Å²) in [6.45, 7) is 0. The van der Waals surface area contributed by atoms with Crippen LogP contribution in [-0.4, -0.2) is 0 Å². The molecule has 0 bridgehead atoms. The Morgan fingerprint density at radius 3 is 2.82 bits per heavy atom. The van der Waals surface area contributed by atoms with Crippen LogP contribution < -0.4 is 11.3 Å². The van der Waals surface area contributed by atoms with Crippen LogP contribution in [-0.2, 0) is 6.42 Å². The van der Waals surface area contributed by atoms with E-state index in [0.29, 0.717) is 6.42 Å². The maximum atomic E-state index is 13.0. The molecular weight excluding hydrogens is 303 g/mol. The molecule has 1 unspecified atom stereocenters. The Morgan fingerprint density at radius 1 is 1.41 bits per heavy atom. The zero-order valence-electron chi connectivity index (χ0n) is 8.99. The summed E-state index contributed by atoms with van der Waals surface area (Å²) >= 11 is 5.00. The summed E-state index contributed by atoms with van der Waals surface area (Å²) in [5.74, 6) is 5.31. The lowest BCUT2D eigenvalue weighted by Crippen LogP contribution is -2.29. The van der Waals surface area contributed by atoms with Crippen LogP contribution in [0.5, 0.6) is 0 Å². The highest BCUT2D eigenvalue weighted by molar-refractivity contribution is 9.10. The Morgan fingerprint density at radius 2 is 2.24 bits per heavy atom. The number of thiophene rings is 1. The summed E-state index contributed by atoms with van der Waals surface area (Å²) in [7, 11) is 0. The minimum absolute atomic E-state index is 0.0445. The van der Waals surface area contributed by atoms with Gasteiger partial charge in [0.25, 0.3) is 0 Å². The van der Waals surface area contributed by atoms with Crippen molar-refractivity contribution in [3.8, 4) is 0 Å². The fourth-order valence-corrected chi connectivity index (χ4v) is 2.88. The molecule has 0 aliphatic heterocycles. The van der Waals surface area contributed by atoms with Crippen molar-refractivity contribution < 1.29 is 4.39 Å². The number of nitrogens with two attached hydrogens (primary N) is 1. The van der Waals surface area contributed by atoms with E-state index in [1.165, 1.54) is 12.1 Å².